The van der Waals surface area contributed by atoms with Crippen molar-refractivity contribution in [1.82, 2.24) is 0 Å². The van der Waals surface area contributed by atoms with Crippen LogP contribution in [0, 0.1) is 11.6 Å². The molecule has 0 aromatic heterocycles. The summed E-state index contributed by atoms with van der Waals surface area (Å²) >= 11 is 5.51. The van der Waals surface area contributed by atoms with E-state index in [1.54, 1.807) is 6.92 Å². The summed E-state index contributed by atoms with van der Waals surface area (Å²) in [5.74, 6) is -2.38. The molecule has 0 saturated heterocycles. The van der Waals surface area contributed by atoms with Crippen LogP contribution in [0.25, 0.3) is 0 Å². The molecule has 1 aromatic rings. The molecule has 0 amide bonds. The number of carbonyl (C=O) groups is 1. The minimum absolute atomic E-state index is 0.187. The van der Waals surface area contributed by atoms with Crippen LogP contribution in [-0.4, -0.2) is 12.6 Å². The Morgan fingerprint density at radius 1 is 1.53 bits per heavy atom. The Morgan fingerprint density at radius 2 is 2.18 bits per heavy atom. The van der Waals surface area contributed by atoms with Gasteiger partial charge in [0.2, 0.25) is 0 Å². The Hall–Kier alpha value is -1.20. The van der Waals surface area contributed by atoms with Crippen molar-refractivity contribution < 1.29 is 18.3 Å². The van der Waals surface area contributed by atoms with Crippen LogP contribution in [0.3, 0.4) is 0 Å². The second-order valence-corrected chi connectivity index (χ2v) is 3.78. The molecule has 0 aliphatic carbocycles. The number of ether oxygens (including phenoxy) is 1. The number of halogens is 3. The van der Waals surface area contributed by atoms with E-state index >= 15 is 0 Å². The maximum absolute atomic E-state index is 13.5. The zero-order valence-electron chi connectivity index (χ0n) is 9.17. The lowest BCUT2D eigenvalue weighted by Gasteiger charge is -2.13. The molecule has 0 spiro atoms. The highest BCUT2D eigenvalue weighted by Crippen LogP contribution is 2.26. The van der Waals surface area contributed by atoms with Crippen LogP contribution >= 0.6 is 11.6 Å². The lowest BCUT2D eigenvalue weighted by molar-refractivity contribution is -0.143. The highest BCUT2D eigenvalue weighted by molar-refractivity contribution is 6.30. The van der Waals surface area contributed by atoms with E-state index in [4.69, 9.17) is 17.3 Å². The van der Waals surface area contributed by atoms with Crippen LogP contribution in [0.4, 0.5) is 8.78 Å². The molecule has 0 heterocycles. The van der Waals surface area contributed by atoms with Crippen molar-refractivity contribution in [2.45, 2.75) is 19.4 Å². The average molecular weight is 264 g/mol. The summed E-state index contributed by atoms with van der Waals surface area (Å²) in [6.45, 7) is 1.82. The monoisotopic (exact) mass is 263 g/mol. The minimum Gasteiger partial charge on any atom is -0.466 e. The van der Waals surface area contributed by atoms with Gasteiger partial charge in [0.15, 0.2) is 0 Å². The third kappa shape index (κ3) is 3.38. The van der Waals surface area contributed by atoms with Crippen molar-refractivity contribution >= 4 is 17.6 Å². The smallest absolute Gasteiger partial charge is 0.307 e. The van der Waals surface area contributed by atoms with Gasteiger partial charge in [-0.05, 0) is 19.1 Å². The molecule has 2 N–H and O–H groups in total. The molecule has 94 valence electrons. The number of hydrogen-bond acceptors (Lipinski definition) is 3. The van der Waals surface area contributed by atoms with E-state index in [0.717, 1.165) is 12.1 Å². The Balaban J connectivity index is 2.92. The second kappa shape index (κ2) is 5.93. The van der Waals surface area contributed by atoms with Gasteiger partial charge in [0.25, 0.3) is 0 Å². The van der Waals surface area contributed by atoms with Gasteiger partial charge in [-0.3, -0.25) is 4.79 Å². The quantitative estimate of drug-likeness (QED) is 0.671. The molecule has 1 aromatic carbocycles. The number of esters is 1. The normalized spacial score (nSPS) is 12.3. The molecule has 17 heavy (non-hydrogen) atoms. The molecular formula is C11H12ClF2NO2. The van der Waals surface area contributed by atoms with Crippen molar-refractivity contribution in [3.63, 3.8) is 0 Å². The van der Waals surface area contributed by atoms with Gasteiger partial charge in [0.1, 0.15) is 11.6 Å². The Labute approximate surface area is 103 Å². The first-order valence-corrected chi connectivity index (χ1v) is 5.39. The van der Waals surface area contributed by atoms with Crippen LogP contribution in [-0.2, 0) is 9.53 Å². The van der Waals surface area contributed by atoms with Crippen molar-refractivity contribution in [1.29, 1.82) is 0 Å². The van der Waals surface area contributed by atoms with Gasteiger partial charge < -0.3 is 10.5 Å². The summed E-state index contributed by atoms with van der Waals surface area (Å²) in [5.41, 5.74) is 5.16. The lowest BCUT2D eigenvalue weighted by atomic mass is 10.0. The van der Waals surface area contributed by atoms with Gasteiger partial charge in [0.05, 0.1) is 18.1 Å². The Kier molecular flexibility index (Phi) is 4.84. The fraction of sp³-hybridized carbons (Fsp3) is 0.364. The lowest BCUT2D eigenvalue weighted by Crippen LogP contribution is -2.20. The Bertz CT molecular complexity index is 426. The van der Waals surface area contributed by atoms with Crippen molar-refractivity contribution in [2.24, 2.45) is 5.73 Å². The first-order valence-electron chi connectivity index (χ1n) is 5.02. The minimum atomic E-state index is -1.12. The summed E-state index contributed by atoms with van der Waals surface area (Å²) in [4.78, 5) is 11.2. The second-order valence-electron chi connectivity index (χ2n) is 3.37. The molecule has 0 unspecified atom stereocenters. The zero-order chi connectivity index (χ0) is 13.0. The number of carbonyl (C=O) groups excluding carboxylic acids is 1. The third-order valence-electron chi connectivity index (χ3n) is 2.14. The van der Waals surface area contributed by atoms with E-state index in [9.17, 15) is 13.6 Å². The summed E-state index contributed by atoms with van der Waals surface area (Å²) in [7, 11) is 0. The maximum Gasteiger partial charge on any atom is 0.307 e. The van der Waals surface area contributed by atoms with Crippen LogP contribution in [0.5, 0.6) is 0 Å². The highest BCUT2D eigenvalue weighted by Gasteiger charge is 2.21. The molecule has 6 heteroatoms. The molecule has 0 saturated carbocycles. The fourth-order valence-corrected chi connectivity index (χ4v) is 1.55. The number of benzene rings is 1. The molecule has 1 rings (SSSR count). The molecule has 0 aliphatic rings. The van der Waals surface area contributed by atoms with Crippen LogP contribution in [0.15, 0.2) is 12.1 Å². The largest absolute Gasteiger partial charge is 0.466 e. The molecule has 3 nitrogen and oxygen atoms in total. The molecule has 0 fully saturated rings. The van der Waals surface area contributed by atoms with E-state index in [1.165, 1.54) is 0 Å². The molecule has 0 aliphatic heterocycles. The van der Waals surface area contributed by atoms with Gasteiger partial charge in [-0.1, -0.05) is 11.6 Å². The van der Waals surface area contributed by atoms with Crippen LogP contribution in [0.2, 0.25) is 5.02 Å². The van der Waals surface area contributed by atoms with Crippen LogP contribution < -0.4 is 5.73 Å². The topological polar surface area (TPSA) is 52.3 Å². The number of nitrogens with two attached hydrogens (primary N) is 1. The predicted octanol–water partition coefficient (Wildman–Crippen LogP) is 2.57. The summed E-state index contributed by atoms with van der Waals surface area (Å²) in [6, 6.07) is 0.978. The van der Waals surface area contributed by atoms with Crippen LogP contribution in [0.1, 0.15) is 24.9 Å². The molecule has 1 atom stereocenters. The zero-order valence-corrected chi connectivity index (χ0v) is 9.93. The number of rotatable bonds is 4. The fourth-order valence-electron chi connectivity index (χ4n) is 1.38. The molecule has 0 bridgehead atoms. The van der Waals surface area contributed by atoms with E-state index in [-0.39, 0.29) is 18.1 Å². The van der Waals surface area contributed by atoms with Gasteiger partial charge in [-0.15, -0.1) is 0 Å². The average Bonchev–Trinajstić information content (AvgIpc) is 2.24. The van der Waals surface area contributed by atoms with E-state index in [1.807, 2.05) is 0 Å². The highest BCUT2D eigenvalue weighted by atomic mass is 35.5. The summed E-state index contributed by atoms with van der Waals surface area (Å²) < 4.78 is 31.6. The van der Waals surface area contributed by atoms with E-state index in [2.05, 4.69) is 4.74 Å². The summed E-state index contributed by atoms with van der Waals surface area (Å²) in [6.07, 6.45) is -0.304. The van der Waals surface area contributed by atoms with E-state index in [0.29, 0.717) is 0 Å². The maximum atomic E-state index is 13.5. The van der Waals surface area contributed by atoms with Gasteiger partial charge >= 0.3 is 5.97 Å². The standard InChI is InChI=1S/C11H12ClF2NO2/c1-2-17-9(16)5-8(15)10-7(13)4-3-6(12)11(10)14/h3-4,8H,2,5,15H2,1H3/t8-/m0/s1. The first kappa shape index (κ1) is 13.9. The first-order chi connectivity index (χ1) is 7.97. The number of hydrogen-bond donors (Lipinski definition) is 1. The predicted molar refractivity (Wildman–Crippen MR) is 59.5 cm³/mol. The Morgan fingerprint density at radius 3 is 2.76 bits per heavy atom. The third-order valence-corrected chi connectivity index (χ3v) is 2.43. The van der Waals surface area contributed by atoms with Gasteiger partial charge in [0, 0.05) is 11.6 Å². The molecule has 0 radical (unpaired) electrons. The van der Waals surface area contributed by atoms with Crippen molar-refractivity contribution in [3.8, 4) is 0 Å². The van der Waals surface area contributed by atoms with Crippen molar-refractivity contribution in [2.75, 3.05) is 6.61 Å². The van der Waals surface area contributed by atoms with E-state index < -0.39 is 29.2 Å². The van der Waals surface area contributed by atoms with Crippen molar-refractivity contribution in [3.05, 3.63) is 34.4 Å². The van der Waals surface area contributed by atoms with Gasteiger partial charge in [-0.2, -0.15) is 0 Å². The summed E-state index contributed by atoms with van der Waals surface area (Å²) in [5, 5.41) is -0.235. The van der Waals surface area contributed by atoms with Gasteiger partial charge in [-0.25, -0.2) is 8.78 Å². The molecular weight excluding hydrogens is 252 g/mol. The SMILES string of the molecule is CCOC(=O)C[C@H](N)c1c(F)ccc(Cl)c1F.